The molecule has 2 aliphatic rings. The summed E-state index contributed by atoms with van der Waals surface area (Å²) in [5, 5.41) is 0. The average molecular weight is 371 g/mol. The van der Waals surface area contributed by atoms with Crippen LogP contribution in [-0.2, 0) is 27.1 Å². The van der Waals surface area contributed by atoms with Crippen molar-refractivity contribution in [2.75, 3.05) is 26.3 Å². The smallest absolute Gasteiger partial charge is 0.349 e. The van der Waals surface area contributed by atoms with E-state index in [4.69, 9.17) is 9.47 Å². The van der Waals surface area contributed by atoms with Crippen LogP contribution >= 0.6 is 11.3 Å². The molecule has 1 amide bonds. The van der Waals surface area contributed by atoms with E-state index >= 15 is 0 Å². The predicted molar refractivity (Wildman–Crippen MR) is 99.4 cm³/mol. The summed E-state index contributed by atoms with van der Waals surface area (Å²) < 4.78 is 10.7. The highest BCUT2D eigenvalue weighted by molar-refractivity contribution is 7.17. The molecule has 4 rings (SSSR count). The van der Waals surface area contributed by atoms with Crippen LogP contribution in [0.25, 0.3) is 10.4 Å². The zero-order valence-electron chi connectivity index (χ0n) is 14.7. The number of carbonyl (C=O) groups is 2. The summed E-state index contributed by atoms with van der Waals surface area (Å²) in [6.45, 7) is 3.79. The van der Waals surface area contributed by atoms with Gasteiger partial charge in [0, 0.05) is 18.0 Å². The molecule has 1 aliphatic carbocycles. The first kappa shape index (κ1) is 17.2. The average Bonchev–Trinajstić information content (AvgIpc) is 3.13. The lowest BCUT2D eigenvalue weighted by Crippen LogP contribution is -2.46. The third-order valence-electron chi connectivity index (χ3n) is 4.89. The number of rotatable bonds is 3. The standard InChI is InChI=1S/C20H21NO4S/c1-13(19(22)21-8-10-24-11-9-21)25-20(23)17-12-15-7-6-14-4-2-3-5-16(14)18(15)26-17/h2-5,12-13H,6-11H2,1H3. The van der Waals surface area contributed by atoms with Gasteiger partial charge in [0.25, 0.3) is 5.91 Å². The number of benzene rings is 1. The number of fused-ring (bicyclic) bond motifs is 3. The van der Waals surface area contributed by atoms with Gasteiger partial charge in [-0.2, -0.15) is 0 Å². The third kappa shape index (κ3) is 3.27. The maximum Gasteiger partial charge on any atom is 0.349 e. The predicted octanol–water partition coefficient (Wildman–Crippen LogP) is 2.92. The molecule has 0 spiro atoms. The topological polar surface area (TPSA) is 55.8 Å². The minimum Gasteiger partial charge on any atom is -0.448 e. The van der Waals surface area contributed by atoms with Crippen LogP contribution in [0.5, 0.6) is 0 Å². The van der Waals surface area contributed by atoms with Gasteiger partial charge in [-0.25, -0.2) is 4.79 Å². The van der Waals surface area contributed by atoms with Gasteiger partial charge in [-0.3, -0.25) is 4.79 Å². The minimum atomic E-state index is -0.785. The molecule has 1 aliphatic heterocycles. The van der Waals surface area contributed by atoms with E-state index in [1.807, 2.05) is 18.2 Å². The molecule has 26 heavy (non-hydrogen) atoms. The Labute approximate surface area is 156 Å². The van der Waals surface area contributed by atoms with Gasteiger partial charge in [-0.1, -0.05) is 24.3 Å². The Hall–Kier alpha value is -2.18. The molecule has 1 aromatic carbocycles. The molecule has 6 heteroatoms. The van der Waals surface area contributed by atoms with Gasteiger partial charge in [-0.05, 0) is 42.5 Å². The maximum absolute atomic E-state index is 12.6. The van der Waals surface area contributed by atoms with Crippen LogP contribution in [0.15, 0.2) is 30.3 Å². The first-order valence-electron chi connectivity index (χ1n) is 8.92. The van der Waals surface area contributed by atoms with E-state index in [0.717, 1.165) is 17.7 Å². The lowest BCUT2D eigenvalue weighted by atomic mass is 9.91. The van der Waals surface area contributed by atoms with Gasteiger partial charge in [0.15, 0.2) is 6.10 Å². The molecule has 136 valence electrons. The van der Waals surface area contributed by atoms with Crippen LogP contribution in [0, 0.1) is 0 Å². The van der Waals surface area contributed by atoms with E-state index in [9.17, 15) is 9.59 Å². The van der Waals surface area contributed by atoms with E-state index in [-0.39, 0.29) is 5.91 Å². The minimum absolute atomic E-state index is 0.159. The largest absolute Gasteiger partial charge is 0.448 e. The summed E-state index contributed by atoms with van der Waals surface area (Å²) in [4.78, 5) is 28.4. The van der Waals surface area contributed by atoms with Gasteiger partial charge in [0.1, 0.15) is 4.88 Å². The van der Waals surface area contributed by atoms with Crippen molar-refractivity contribution in [3.05, 3.63) is 46.3 Å². The molecule has 1 aromatic heterocycles. The van der Waals surface area contributed by atoms with Crippen LogP contribution in [0.3, 0.4) is 0 Å². The number of morpholine rings is 1. The summed E-state index contributed by atoms with van der Waals surface area (Å²) in [6.07, 6.45) is 1.13. The summed E-state index contributed by atoms with van der Waals surface area (Å²) in [5.74, 6) is -0.579. The number of esters is 1. The molecular formula is C20H21NO4S. The van der Waals surface area contributed by atoms with Crippen LogP contribution in [0.1, 0.15) is 27.7 Å². The number of ether oxygens (including phenoxy) is 2. The second-order valence-electron chi connectivity index (χ2n) is 6.61. The van der Waals surface area contributed by atoms with E-state index < -0.39 is 12.1 Å². The lowest BCUT2D eigenvalue weighted by molar-refractivity contribution is -0.143. The zero-order valence-corrected chi connectivity index (χ0v) is 15.5. The Bertz CT molecular complexity index is 838. The van der Waals surface area contributed by atoms with Gasteiger partial charge in [0.05, 0.1) is 13.2 Å². The Morgan fingerprint density at radius 3 is 2.69 bits per heavy atom. The summed E-state index contributed by atoms with van der Waals surface area (Å²) in [7, 11) is 0. The fourth-order valence-corrected chi connectivity index (χ4v) is 4.64. The lowest BCUT2D eigenvalue weighted by Gasteiger charge is -2.28. The number of aryl methyl sites for hydroxylation is 2. The van der Waals surface area contributed by atoms with Gasteiger partial charge in [0.2, 0.25) is 0 Å². The van der Waals surface area contributed by atoms with Crippen molar-refractivity contribution in [1.82, 2.24) is 4.90 Å². The Kier molecular flexibility index (Phi) is 4.78. The number of amides is 1. The molecule has 0 saturated carbocycles. The number of nitrogens with zero attached hydrogens (tertiary/aromatic N) is 1. The summed E-state index contributed by atoms with van der Waals surface area (Å²) in [5.41, 5.74) is 3.71. The molecule has 1 unspecified atom stereocenters. The molecule has 1 atom stereocenters. The molecule has 5 nitrogen and oxygen atoms in total. The SMILES string of the molecule is CC(OC(=O)c1cc2c(s1)-c1ccccc1CC2)C(=O)N1CCOCC1. The Morgan fingerprint density at radius 2 is 1.88 bits per heavy atom. The van der Waals surface area contributed by atoms with Crippen molar-refractivity contribution in [1.29, 1.82) is 0 Å². The van der Waals surface area contributed by atoms with E-state index in [0.29, 0.717) is 31.2 Å². The van der Waals surface area contributed by atoms with E-state index in [1.165, 1.54) is 28.0 Å². The third-order valence-corrected chi connectivity index (χ3v) is 6.08. The highest BCUT2D eigenvalue weighted by atomic mass is 32.1. The van der Waals surface area contributed by atoms with Crippen molar-refractivity contribution in [2.24, 2.45) is 0 Å². The van der Waals surface area contributed by atoms with E-state index in [2.05, 4.69) is 12.1 Å². The fraction of sp³-hybridized carbons (Fsp3) is 0.400. The number of hydrogen-bond acceptors (Lipinski definition) is 5. The molecule has 0 N–H and O–H groups in total. The quantitative estimate of drug-likeness (QED) is 0.779. The molecule has 0 radical (unpaired) electrons. The highest BCUT2D eigenvalue weighted by Gasteiger charge is 2.27. The number of carbonyl (C=O) groups excluding carboxylic acids is 2. The Morgan fingerprint density at radius 1 is 1.15 bits per heavy atom. The Balaban J connectivity index is 1.48. The molecule has 1 saturated heterocycles. The van der Waals surface area contributed by atoms with Crippen molar-refractivity contribution in [2.45, 2.75) is 25.9 Å². The van der Waals surface area contributed by atoms with Crippen molar-refractivity contribution in [3.63, 3.8) is 0 Å². The van der Waals surface area contributed by atoms with Gasteiger partial charge < -0.3 is 14.4 Å². The van der Waals surface area contributed by atoms with Crippen LogP contribution in [-0.4, -0.2) is 49.2 Å². The first-order chi connectivity index (χ1) is 12.6. The molecular weight excluding hydrogens is 350 g/mol. The molecule has 1 fully saturated rings. The second kappa shape index (κ2) is 7.21. The molecule has 0 bridgehead atoms. The van der Waals surface area contributed by atoms with Crippen LogP contribution < -0.4 is 0 Å². The summed E-state index contributed by atoms with van der Waals surface area (Å²) in [6, 6.07) is 10.2. The first-order valence-corrected chi connectivity index (χ1v) is 9.73. The zero-order chi connectivity index (χ0) is 18.1. The molecule has 2 aromatic rings. The normalized spacial score (nSPS) is 17.2. The van der Waals surface area contributed by atoms with Crippen molar-refractivity contribution >= 4 is 23.2 Å². The van der Waals surface area contributed by atoms with E-state index in [1.54, 1.807) is 11.8 Å². The number of hydrogen-bond donors (Lipinski definition) is 0. The van der Waals surface area contributed by atoms with Gasteiger partial charge >= 0.3 is 5.97 Å². The van der Waals surface area contributed by atoms with Crippen molar-refractivity contribution in [3.8, 4) is 10.4 Å². The maximum atomic E-state index is 12.6. The van der Waals surface area contributed by atoms with Crippen LogP contribution in [0.4, 0.5) is 0 Å². The van der Waals surface area contributed by atoms with Crippen LogP contribution in [0.2, 0.25) is 0 Å². The monoisotopic (exact) mass is 371 g/mol. The van der Waals surface area contributed by atoms with Crippen molar-refractivity contribution < 1.29 is 19.1 Å². The fourth-order valence-electron chi connectivity index (χ4n) is 3.48. The molecule has 2 heterocycles. The summed E-state index contributed by atoms with van der Waals surface area (Å²) >= 11 is 1.46. The highest BCUT2D eigenvalue weighted by Crippen LogP contribution is 2.39. The van der Waals surface area contributed by atoms with Gasteiger partial charge in [-0.15, -0.1) is 11.3 Å². The number of thiophene rings is 1. The second-order valence-corrected chi connectivity index (χ2v) is 7.66.